The molecule has 0 spiro atoms. The van der Waals surface area contributed by atoms with E-state index in [1.807, 2.05) is 11.0 Å². The Bertz CT molecular complexity index is 840. The molecule has 0 aliphatic carbocycles. The molecule has 0 N–H and O–H groups in total. The van der Waals surface area contributed by atoms with Crippen LogP contribution in [0.5, 0.6) is 0 Å². The molecule has 3 saturated heterocycles. The van der Waals surface area contributed by atoms with Crippen LogP contribution in [0.3, 0.4) is 0 Å². The maximum absolute atomic E-state index is 13.7. The van der Waals surface area contributed by atoms with Crippen molar-refractivity contribution in [2.24, 2.45) is 11.8 Å². The minimum Gasteiger partial charge on any atom is -0.364 e. The highest BCUT2D eigenvalue weighted by atomic mass is 19.1. The molecule has 2 bridgehead atoms. The van der Waals surface area contributed by atoms with Crippen LogP contribution in [0.25, 0.3) is 0 Å². The Balaban J connectivity index is 1.42. The zero-order valence-corrected chi connectivity index (χ0v) is 16.0. The van der Waals surface area contributed by atoms with E-state index in [4.69, 9.17) is 4.52 Å². The molecule has 28 heavy (non-hydrogen) atoms. The van der Waals surface area contributed by atoms with Crippen molar-refractivity contribution in [3.8, 4) is 0 Å². The Kier molecular flexibility index (Phi) is 4.67. The Hall–Kier alpha value is -2.21. The monoisotopic (exact) mass is 383 g/mol. The quantitative estimate of drug-likeness (QED) is 0.815. The molecule has 0 saturated carbocycles. The molecule has 3 aliphatic heterocycles. The lowest BCUT2D eigenvalue weighted by Gasteiger charge is -2.57. The minimum atomic E-state index is -0.173. The molecule has 4 heterocycles. The van der Waals surface area contributed by atoms with Gasteiger partial charge in [0.2, 0.25) is 0 Å². The van der Waals surface area contributed by atoms with Gasteiger partial charge >= 0.3 is 0 Å². The van der Waals surface area contributed by atoms with Gasteiger partial charge in [0, 0.05) is 31.2 Å². The highest BCUT2D eigenvalue weighted by molar-refractivity contribution is 5.92. The molecule has 3 aliphatic rings. The van der Waals surface area contributed by atoms with E-state index >= 15 is 0 Å². The molecule has 6 heteroatoms. The summed E-state index contributed by atoms with van der Waals surface area (Å²) in [6.45, 7) is 2.66. The van der Waals surface area contributed by atoms with Gasteiger partial charge in [0.25, 0.3) is 5.91 Å². The van der Waals surface area contributed by atoms with E-state index in [1.165, 1.54) is 31.6 Å². The number of aromatic nitrogens is 1. The molecule has 5 nitrogen and oxygen atoms in total. The van der Waals surface area contributed by atoms with Crippen molar-refractivity contribution in [2.45, 2.75) is 44.2 Å². The van der Waals surface area contributed by atoms with Crippen LogP contribution in [0.2, 0.25) is 0 Å². The number of likely N-dealkylation sites (tertiary alicyclic amines) is 1. The third-order valence-electron chi connectivity index (χ3n) is 6.90. The minimum absolute atomic E-state index is 0.0304. The maximum Gasteiger partial charge on any atom is 0.276 e. The molecule has 0 unspecified atom stereocenters. The number of carbonyl (C=O) groups is 1. The fourth-order valence-corrected chi connectivity index (χ4v) is 5.74. The van der Waals surface area contributed by atoms with Crippen molar-refractivity contribution in [2.75, 3.05) is 19.6 Å². The first-order valence-corrected chi connectivity index (χ1v) is 10.4. The van der Waals surface area contributed by atoms with Crippen LogP contribution in [0.1, 0.15) is 41.7 Å². The fourth-order valence-electron chi connectivity index (χ4n) is 5.74. The highest BCUT2D eigenvalue weighted by Crippen LogP contribution is 2.42. The van der Waals surface area contributed by atoms with Gasteiger partial charge in [-0.05, 0) is 61.8 Å². The number of carbonyl (C=O) groups excluding carboxylic acids is 1. The second kappa shape index (κ2) is 7.32. The number of hydrogen-bond acceptors (Lipinski definition) is 4. The third kappa shape index (κ3) is 3.24. The first kappa shape index (κ1) is 17.9. The first-order chi connectivity index (χ1) is 13.7. The number of amides is 1. The number of nitrogens with zero attached hydrogens (tertiary/aromatic N) is 3. The lowest BCUT2D eigenvalue weighted by Crippen LogP contribution is -2.64. The number of piperidine rings is 3. The summed E-state index contributed by atoms with van der Waals surface area (Å²) in [5, 5.41) is 3.84. The normalized spacial score (nSPS) is 30.1. The van der Waals surface area contributed by atoms with Crippen LogP contribution in [0, 0.1) is 17.7 Å². The van der Waals surface area contributed by atoms with Crippen molar-refractivity contribution in [3.05, 3.63) is 53.7 Å². The summed E-state index contributed by atoms with van der Waals surface area (Å²) in [5.74, 6) is 0.718. The van der Waals surface area contributed by atoms with Crippen molar-refractivity contribution < 1.29 is 13.7 Å². The number of fused-ring (bicyclic) bond motifs is 4. The zero-order chi connectivity index (χ0) is 19.1. The smallest absolute Gasteiger partial charge is 0.276 e. The summed E-state index contributed by atoms with van der Waals surface area (Å²) < 4.78 is 18.6. The molecule has 2 aromatic rings. The summed E-state index contributed by atoms with van der Waals surface area (Å²) in [6.07, 6.45) is 7.14. The Morgan fingerprint density at radius 1 is 1.21 bits per heavy atom. The SMILES string of the molecule is O=C(c1ccon1)N1C[C@H]2C[C@@H](C1)[C@H](Cc1cccc(F)c1)N1CCCC[C@@H]21. The lowest BCUT2D eigenvalue weighted by molar-refractivity contribution is -0.0643. The van der Waals surface area contributed by atoms with Gasteiger partial charge in [0.15, 0.2) is 5.69 Å². The molecule has 1 amide bonds. The lowest BCUT2D eigenvalue weighted by atomic mass is 9.71. The number of rotatable bonds is 3. The van der Waals surface area contributed by atoms with E-state index in [1.54, 1.807) is 18.2 Å². The van der Waals surface area contributed by atoms with Crippen LogP contribution in [-0.4, -0.2) is 52.6 Å². The van der Waals surface area contributed by atoms with E-state index in [0.717, 1.165) is 38.0 Å². The summed E-state index contributed by atoms with van der Waals surface area (Å²) >= 11 is 0. The second-order valence-corrected chi connectivity index (χ2v) is 8.55. The number of halogens is 1. The van der Waals surface area contributed by atoms with Crippen LogP contribution in [0.15, 0.2) is 41.1 Å². The van der Waals surface area contributed by atoms with Gasteiger partial charge < -0.3 is 9.42 Å². The molecule has 1 aromatic heterocycles. The van der Waals surface area contributed by atoms with Crippen LogP contribution in [-0.2, 0) is 6.42 Å². The standard InChI is InChI=1S/C22H26FN3O2/c23-18-5-3-4-15(10-18)11-21-17-12-16(20-6-1-2-8-26(20)21)13-25(14-17)22(27)19-7-9-28-24-19/h3-5,7,9-10,16-17,20-21H,1-2,6,8,11-14H2/t16-,17+,20+,21+/m1/s1. The second-order valence-electron chi connectivity index (χ2n) is 8.55. The predicted octanol–water partition coefficient (Wildman–Crippen LogP) is 3.37. The van der Waals surface area contributed by atoms with Gasteiger partial charge in [0.1, 0.15) is 12.1 Å². The number of hydrogen-bond donors (Lipinski definition) is 0. The molecular weight excluding hydrogens is 357 g/mol. The molecule has 1 aromatic carbocycles. The Labute approximate surface area is 164 Å². The van der Waals surface area contributed by atoms with E-state index in [-0.39, 0.29) is 11.7 Å². The molecule has 5 rings (SSSR count). The van der Waals surface area contributed by atoms with Gasteiger partial charge in [-0.2, -0.15) is 0 Å². The summed E-state index contributed by atoms with van der Waals surface area (Å²) in [6, 6.07) is 9.51. The van der Waals surface area contributed by atoms with Gasteiger partial charge in [-0.3, -0.25) is 9.69 Å². The summed E-state index contributed by atoms with van der Waals surface area (Å²) in [7, 11) is 0. The van der Waals surface area contributed by atoms with E-state index in [9.17, 15) is 9.18 Å². The molecule has 4 atom stereocenters. The van der Waals surface area contributed by atoms with E-state index in [2.05, 4.69) is 10.1 Å². The van der Waals surface area contributed by atoms with E-state index < -0.39 is 0 Å². The molecule has 148 valence electrons. The predicted molar refractivity (Wildman–Crippen MR) is 102 cm³/mol. The third-order valence-corrected chi connectivity index (χ3v) is 6.90. The maximum atomic E-state index is 13.7. The summed E-state index contributed by atoms with van der Waals surface area (Å²) in [4.78, 5) is 17.6. The van der Waals surface area contributed by atoms with Gasteiger partial charge in [-0.1, -0.05) is 23.7 Å². The van der Waals surface area contributed by atoms with Crippen molar-refractivity contribution >= 4 is 5.91 Å². The van der Waals surface area contributed by atoms with E-state index in [0.29, 0.717) is 29.6 Å². The van der Waals surface area contributed by atoms with Crippen LogP contribution >= 0.6 is 0 Å². The fraction of sp³-hybridized carbons (Fsp3) is 0.545. The topological polar surface area (TPSA) is 49.6 Å². The zero-order valence-electron chi connectivity index (χ0n) is 16.0. The van der Waals surface area contributed by atoms with Crippen LogP contribution in [0.4, 0.5) is 4.39 Å². The van der Waals surface area contributed by atoms with Crippen molar-refractivity contribution in [1.29, 1.82) is 0 Å². The Morgan fingerprint density at radius 2 is 2.11 bits per heavy atom. The van der Waals surface area contributed by atoms with Crippen LogP contribution < -0.4 is 0 Å². The van der Waals surface area contributed by atoms with Gasteiger partial charge in [-0.15, -0.1) is 0 Å². The van der Waals surface area contributed by atoms with Crippen molar-refractivity contribution in [1.82, 2.24) is 15.0 Å². The number of benzene rings is 1. The summed E-state index contributed by atoms with van der Waals surface area (Å²) in [5.41, 5.74) is 1.44. The Morgan fingerprint density at radius 3 is 2.93 bits per heavy atom. The van der Waals surface area contributed by atoms with Gasteiger partial charge in [-0.25, -0.2) is 4.39 Å². The molecule has 3 fully saturated rings. The average molecular weight is 383 g/mol. The molecular formula is C22H26FN3O2. The van der Waals surface area contributed by atoms with Gasteiger partial charge in [0.05, 0.1) is 0 Å². The average Bonchev–Trinajstić information content (AvgIpc) is 3.25. The highest BCUT2D eigenvalue weighted by Gasteiger charge is 2.48. The largest absolute Gasteiger partial charge is 0.364 e. The first-order valence-electron chi connectivity index (χ1n) is 10.4. The molecule has 0 radical (unpaired) electrons. The van der Waals surface area contributed by atoms with Crippen molar-refractivity contribution in [3.63, 3.8) is 0 Å².